The summed E-state index contributed by atoms with van der Waals surface area (Å²) < 4.78 is 1.72. The number of hydrogen-bond acceptors (Lipinski definition) is 7. The van der Waals surface area contributed by atoms with E-state index in [0.717, 1.165) is 22.6 Å². The first-order valence-corrected chi connectivity index (χ1v) is 10.0. The highest BCUT2D eigenvalue weighted by Crippen LogP contribution is 2.32. The van der Waals surface area contributed by atoms with Crippen molar-refractivity contribution in [3.63, 3.8) is 0 Å². The molecule has 3 aromatic rings. The molecule has 1 aliphatic rings. The maximum Gasteiger partial charge on any atom is 0.229 e. The number of aromatic nitrogens is 4. The lowest BCUT2D eigenvalue weighted by molar-refractivity contribution is 0.256. The molecule has 30 heavy (non-hydrogen) atoms. The molecule has 3 heterocycles. The van der Waals surface area contributed by atoms with Crippen LogP contribution in [0.5, 0.6) is 0 Å². The Balaban J connectivity index is 1.45. The Hall–Kier alpha value is -3.15. The predicted molar refractivity (Wildman–Crippen MR) is 117 cm³/mol. The Kier molecular flexibility index (Phi) is 5.57. The summed E-state index contributed by atoms with van der Waals surface area (Å²) in [4.78, 5) is 11.2. The SMILES string of the molecule is Cc1cnc(Nc2cnn(C)c2)nc1N1CC(CC#N)(NCc2cccc(Cl)c2)C1. The van der Waals surface area contributed by atoms with Crippen molar-refractivity contribution in [2.75, 3.05) is 23.3 Å². The van der Waals surface area contributed by atoms with Crippen LogP contribution in [0.25, 0.3) is 0 Å². The molecule has 4 rings (SSSR count). The van der Waals surface area contributed by atoms with Crippen molar-refractivity contribution < 1.29 is 0 Å². The average Bonchev–Trinajstić information content (AvgIpc) is 3.10. The number of nitrogens with zero attached hydrogens (tertiary/aromatic N) is 6. The van der Waals surface area contributed by atoms with Crippen LogP contribution in [0.4, 0.5) is 17.5 Å². The number of nitrogens with one attached hydrogen (secondary N) is 2. The van der Waals surface area contributed by atoms with Crippen molar-refractivity contribution in [3.8, 4) is 6.07 Å². The molecule has 2 aromatic heterocycles. The van der Waals surface area contributed by atoms with Crippen LogP contribution in [-0.2, 0) is 13.6 Å². The number of anilines is 3. The Morgan fingerprint density at radius 3 is 2.83 bits per heavy atom. The molecule has 0 amide bonds. The Morgan fingerprint density at radius 1 is 1.30 bits per heavy atom. The zero-order valence-corrected chi connectivity index (χ0v) is 17.7. The summed E-state index contributed by atoms with van der Waals surface area (Å²) in [5, 5.41) is 21.0. The van der Waals surface area contributed by atoms with E-state index in [-0.39, 0.29) is 5.54 Å². The molecule has 0 saturated carbocycles. The standard InChI is InChI=1S/C21H23ClN8/c1-15-9-24-20(27-18-11-26-29(2)12-18)28-19(15)30-13-21(14-30,6-7-23)25-10-16-4-3-5-17(22)8-16/h3-5,8-9,11-12,25H,6,10,13-14H2,1-2H3,(H,24,27,28). The molecule has 0 radical (unpaired) electrons. The fraction of sp³-hybridized carbons (Fsp3) is 0.333. The van der Waals surface area contributed by atoms with Crippen molar-refractivity contribution in [3.05, 3.63) is 59.0 Å². The molecule has 8 nitrogen and oxygen atoms in total. The molecule has 154 valence electrons. The summed E-state index contributed by atoms with van der Waals surface area (Å²) >= 11 is 6.08. The molecular formula is C21H23ClN8. The van der Waals surface area contributed by atoms with Crippen LogP contribution >= 0.6 is 11.6 Å². The minimum absolute atomic E-state index is 0.272. The number of benzene rings is 1. The van der Waals surface area contributed by atoms with Gasteiger partial charge in [-0.3, -0.25) is 4.68 Å². The highest BCUT2D eigenvalue weighted by molar-refractivity contribution is 6.30. The lowest BCUT2D eigenvalue weighted by Crippen LogP contribution is -2.69. The van der Waals surface area contributed by atoms with Crippen LogP contribution in [0.1, 0.15) is 17.5 Å². The summed E-state index contributed by atoms with van der Waals surface area (Å²) in [6.07, 6.45) is 5.83. The zero-order valence-electron chi connectivity index (χ0n) is 16.9. The molecule has 1 fully saturated rings. The van der Waals surface area contributed by atoms with Gasteiger partial charge < -0.3 is 15.5 Å². The minimum atomic E-state index is -0.272. The monoisotopic (exact) mass is 422 g/mol. The maximum atomic E-state index is 9.36. The van der Waals surface area contributed by atoms with Gasteiger partial charge in [0.15, 0.2) is 0 Å². The van der Waals surface area contributed by atoms with E-state index in [1.54, 1.807) is 10.9 Å². The van der Waals surface area contributed by atoms with Gasteiger partial charge >= 0.3 is 0 Å². The number of aryl methyl sites for hydroxylation is 2. The van der Waals surface area contributed by atoms with Crippen molar-refractivity contribution in [1.29, 1.82) is 5.26 Å². The molecule has 0 atom stereocenters. The summed E-state index contributed by atoms with van der Waals surface area (Å²) in [6.45, 7) is 4.05. The zero-order chi connectivity index (χ0) is 21.1. The largest absolute Gasteiger partial charge is 0.352 e. The third-order valence-electron chi connectivity index (χ3n) is 5.17. The quantitative estimate of drug-likeness (QED) is 0.603. The molecule has 0 bridgehead atoms. The van der Waals surface area contributed by atoms with Gasteiger partial charge in [-0.1, -0.05) is 23.7 Å². The fourth-order valence-corrected chi connectivity index (χ4v) is 3.85. The number of rotatable bonds is 7. The predicted octanol–water partition coefficient (Wildman–Crippen LogP) is 3.18. The Bertz CT molecular complexity index is 1080. The molecule has 0 aliphatic carbocycles. The molecule has 9 heteroatoms. The second-order valence-corrected chi connectivity index (χ2v) is 8.12. The van der Waals surface area contributed by atoms with E-state index >= 15 is 0 Å². The molecular weight excluding hydrogens is 400 g/mol. The topological polar surface area (TPSA) is 94.7 Å². The van der Waals surface area contributed by atoms with Gasteiger partial charge in [0.05, 0.1) is 29.9 Å². The third-order valence-corrected chi connectivity index (χ3v) is 5.40. The lowest BCUT2D eigenvalue weighted by atomic mass is 9.86. The first-order chi connectivity index (χ1) is 14.5. The van der Waals surface area contributed by atoms with Crippen LogP contribution in [0, 0.1) is 18.3 Å². The van der Waals surface area contributed by atoms with Gasteiger partial charge in [-0.25, -0.2) is 4.98 Å². The number of nitriles is 1. The van der Waals surface area contributed by atoms with E-state index in [9.17, 15) is 5.26 Å². The van der Waals surface area contributed by atoms with E-state index in [0.29, 0.717) is 37.0 Å². The smallest absolute Gasteiger partial charge is 0.229 e. The van der Waals surface area contributed by atoms with E-state index in [2.05, 4.69) is 31.7 Å². The second-order valence-electron chi connectivity index (χ2n) is 7.68. The van der Waals surface area contributed by atoms with E-state index < -0.39 is 0 Å². The summed E-state index contributed by atoms with van der Waals surface area (Å²) in [7, 11) is 1.86. The van der Waals surface area contributed by atoms with Crippen LogP contribution in [0.3, 0.4) is 0 Å². The molecule has 0 spiro atoms. The van der Waals surface area contributed by atoms with Gasteiger partial charge in [0.1, 0.15) is 5.82 Å². The van der Waals surface area contributed by atoms with Gasteiger partial charge in [-0.2, -0.15) is 15.3 Å². The van der Waals surface area contributed by atoms with Gasteiger partial charge in [0.25, 0.3) is 0 Å². The first kappa shape index (κ1) is 20.1. The summed E-state index contributed by atoms with van der Waals surface area (Å²) in [6, 6.07) is 10.1. The molecule has 0 unspecified atom stereocenters. The van der Waals surface area contributed by atoms with Gasteiger partial charge in [0, 0.05) is 49.7 Å². The third kappa shape index (κ3) is 4.37. The van der Waals surface area contributed by atoms with Crippen LogP contribution < -0.4 is 15.5 Å². The number of hydrogen-bond donors (Lipinski definition) is 2. The van der Waals surface area contributed by atoms with Crippen LogP contribution in [0.15, 0.2) is 42.9 Å². The van der Waals surface area contributed by atoms with Crippen molar-refractivity contribution >= 4 is 29.1 Å². The maximum absolute atomic E-state index is 9.36. The lowest BCUT2D eigenvalue weighted by Gasteiger charge is -2.50. The van der Waals surface area contributed by atoms with Gasteiger partial charge in [-0.15, -0.1) is 0 Å². The van der Waals surface area contributed by atoms with Crippen molar-refractivity contribution in [1.82, 2.24) is 25.1 Å². The summed E-state index contributed by atoms with van der Waals surface area (Å²) in [5.74, 6) is 1.39. The van der Waals surface area contributed by atoms with Crippen LogP contribution in [-0.4, -0.2) is 38.4 Å². The molecule has 1 aliphatic heterocycles. The normalized spacial score (nSPS) is 14.8. The van der Waals surface area contributed by atoms with Crippen molar-refractivity contribution in [2.24, 2.45) is 7.05 Å². The number of halogens is 1. The van der Waals surface area contributed by atoms with Gasteiger partial charge in [0.2, 0.25) is 5.95 Å². The Morgan fingerprint density at radius 2 is 2.13 bits per heavy atom. The van der Waals surface area contributed by atoms with E-state index in [4.69, 9.17) is 16.6 Å². The molecule has 1 aromatic carbocycles. The van der Waals surface area contributed by atoms with Crippen LogP contribution in [0.2, 0.25) is 5.02 Å². The molecule has 1 saturated heterocycles. The fourth-order valence-electron chi connectivity index (χ4n) is 3.64. The van der Waals surface area contributed by atoms with Crippen molar-refractivity contribution in [2.45, 2.75) is 25.4 Å². The van der Waals surface area contributed by atoms with E-state index in [1.165, 1.54) is 0 Å². The average molecular weight is 423 g/mol. The van der Waals surface area contributed by atoms with Gasteiger partial charge in [-0.05, 0) is 24.6 Å². The first-order valence-electron chi connectivity index (χ1n) is 9.67. The minimum Gasteiger partial charge on any atom is -0.352 e. The summed E-state index contributed by atoms with van der Waals surface area (Å²) in [5.41, 5.74) is 2.65. The molecule has 2 N–H and O–H groups in total. The highest BCUT2D eigenvalue weighted by Gasteiger charge is 2.43. The Labute approximate surface area is 180 Å². The second kappa shape index (κ2) is 8.30. The highest BCUT2D eigenvalue weighted by atomic mass is 35.5. The van der Waals surface area contributed by atoms with E-state index in [1.807, 2.05) is 50.6 Å².